The molecule has 216 valence electrons. The minimum atomic E-state index is -0.964. The molecule has 0 radical (unpaired) electrons. The standard InChI is InChI=1S/C33H37NO6S/c1-20-16-24(17-21(2)31(20)40-33(4,5)22(3)35)28-18-34(32(37)39-26-12-10-25(38-6)11-13-26)19-29(28)30(36)23-8-14-27(41-7)15-9-23/h8-17,28-29H,18-19H2,1-7H3/t28-,29+/m0/s1. The van der Waals surface area contributed by atoms with Crippen molar-refractivity contribution in [2.24, 2.45) is 5.92 Å². The van der Waals surface area contributed by atoms with Gasteiger partial charge < -0.3 is 19.1 Å². The normalized spacial score (nSPS) is 16.8. The summed E-state index contributed by atoms with van der Waals surface area (Å²) < 4.78 is 17.0. The smallest absolute Gasteiger partial charge is 0.415 e. The molecule has 41 heavy (non-hydrogen) atoms. The molecule has 4 rings (SSSR count). The van der Waals surface area contributed by atoms with Gasteiger partial charge in [0, 0.05) is 35.4 Å². The molecule has 1 fully saturated rings. The van der Waals surface area contributed by atoms with Gasteiger partial charge in [-0.2, -0.15) is 0 Å². The summed E-state index contributed by atoms with van der Waals surface area (Å²) in [5.74, 6) is 0.913. The van der Waals surface area contributed by atoms with Gasteiger partial charge in [-0.3, -0.25) is 9.59 Å². The fourth-order valence-electron chi connectivity index (χ4n) is 5.02. The predicted octanol–water partition coefficient (Wildman–Crippen LogP) is 6.88. The maximum atomic E-state index is 13.9. The first-order valence-electron chi connectivity index (χ1n) is 13.5. The first kappa shape index (κ1) is 30.2. The van der Waals surface area contributed by atoms with E-state index in [4.69, 9.17) is 14.2 Å². The van der Waals surface area contributed by atoms with E-state index in [1.807, 2.05) is 56.5 Å². The number of ketones is 2. The van der Waals surface area contributed by atoms with E-state index in [9.17, 15) is 14.4 Å². The van der Waals surface area contributed by atoms with Gasteiger partial charge in [0.1, 0.15) is 17.2 Å². The molecule has 1 heterocycles. The number of ether oxygens (including phenoxy) is 3. The van der Waals surface area contributed by atoms with Crippen molar-refractivity contribution in [2.75, 3.05) is 26.5 Å². The Labute approximate surface area is 246 Å². The van der Waals surface area contributed by atoms with Crippen LogP contribution in [0.4, 0.5) is 4.79 Å². The monoisotopic (exact) mass is 575 g/mol. The van der Waals surface area contributed by atoms with E-state index in [1.165, 1.54) is 6.92 Å². The maximum absolute atomic E-state index is 13.9. The van der Waals surface area contributed by atoms with Crippen LogP contribution < -0.4 is 14.2 Å². The molecule has 3 aromatic rings. The summed E-state index contributed by atoms with van der Waals surface area (Å²) in [6, 6.07) is 18.4. The molecule has 0 spiro atoms. The largest absolute Gasteiger partial charge is 0.497 e. The Balaban J connectivity index is 1.65. The number of likely N-dealkylation sites (tertiary alicyclic amines) is 1. The van der Waals surface area contributed by atoms with Crippen LogP contribution in [0, 0.1) is 19.8 Å². The van der Waals surface area contributed by atoms with Crippen molar-refractivity contribution in [1.82, 2.24) is 4.90 Å². The van der Waals surface area contributed by atoms with Gasteiger partial charge in [-0.05, 0) is 94.0 Å². The van der Waals surface area contributed by atoms with E-state index in [2.05, 4.69) is 0 Å². The highest BCUT2D eigenvalue weighted by Gasteiger charge is 2.42. The summed E-state index contributed by atoms with van der Waals surface area (Å²) in [6.07, 6.45) is 1.48. The van der Waals surface area contributed by atoms with Crippen molar-refractivity contribution in [2.45, 2.75) is 51.0 Å². The number of hydrogen-bond donors (Lipinski definition) is 0. The van der Waals surface area contributed by atoms with Crippen LogP contribution in [0.25, 0.3) is 0 Å². The molecule has 1 amide bonds. The lowest BCUT2D eigenvalue weighted by Crippen LogP contribution is -2.36. The summed E-state index contributed by atoms with van der Waals surface area (Å²) in [5.41, 5.74) is 2.31. The van der Waals surface area contributed by atoms with Crippen LogP contribution in [0.5, 0.6) is 17.2 Å². The number of aryl methyl sites for hydroxylation is 2. The third-order valence-electron chi connectivity index (χ3n) is 7.67. The van der Waals surface area contributed by atoms with Gasteiger partial charge in [-0.1, -0.05) is 24.3 Å². The van der Waals surface area contributed by atoms with Gasteiger partial charge in [-0.15, -0.1) is 11.8 Å². The fraction of sp³-hybridized carbons (Fsp3) is 0.364. The first-order valence-corrected chi connectivity index (χ1v) is 14.8. The molecule has 8 heteroatoms. The van der Waals surface area contributed by atoms with Crippen LogP contribution in [0.2, 0.25) is 0 Å². The molecule has 0 unspecified atom stereocenters. The van der Waals surface area contributed by atoms with Gasteiger partial charge in [0.25, 0.3) is 0 Å². The van der Waals surface area contributed by atoms with Crippen molar-refractivity contribution in [3.8, 4) is 17.2 Å². The number of methoxy groups -OCH3 is 1. The van der Waals surface area contributed by atoms with Crippen LogP contribution in [0.15, 0.2) is 65.6 Å². The van der Waals surface area contributed by atoms with Gasteiger partial charge >= 0.3 is 6.09 Å². The van der Waals surface area contributed by atoms with Crippen LogP contribution in [-0.4, -0.2) is 54.6 Å². The molecule has 1 aliphatic rings. The molecule has 0 saturated carbocycles. The Kier molecular flexibility index (Phi) is 9.12. The van der Waals surface area contributed by atoms with Crippen LogP contribution in [0.3, 0.4) is 0 Å². The van der Waals surface area contributed by atoms with Crippen molar-refractivity contribution in [1.29, 1.82) is 0 Å². The fourth-order valence-corrected chi connectivity index (χ4v) is 5.43. The average molecular weight is 576 g/mol. The Morgan fingerprint density at radius 2 is 1.49 bits per heavy atom. The second-order valence-corrected chi connectivity index (χ2v) is 11.8. The second kappa shape index (κ2) is 12.4. The van der Waals surface area contributed by atoms with Gasteiger partial charge in [0.2, 0.25) is 0 Å². The molecule has 2 atom stereocenters. The molecular formula is C33H37NO6S. The zero-order chi connectivity index (χ0) is 29.9. The molecule has 0 aromatic heterocycles. The summed E-state index contributed by atoms with van der Waals surface area (Å²) in [4.78, 5) is 41.9. The molecule has 0 bridgehead atoms. The molecule has 1 saturated heterocycles. The van der Waals surface area contributed by atoms with E-state index < -0.39 is 17.6 Å². The van der Waals surface area contributed by atoms with Gasteiger partial charge in [0.15, 0.2) is 17.2 Å². The van der Waals surface area contributed by atoms with Crippen molar-refractivity contribution < 1.29 is 28.6 Å². The highest BCUT2D eigenvalue weighted by atomic mass is 32.2. The van der Waals surface area contributed by atoms with E-state index in [0.717, 1.165) is 21.6 Å². The molecule has 7 nitrogen and oxygen atoms in total. The number of carbonyl (C=O) groups is 3. The van der Waals surface area contributed by atoms with Gasteiger partial charge in [-0.25, -0.2) is 4.79 Å². The summed E-state index contributed by atoms with van der Waals surface area (Å²) in [7, 11) is 1.57. The van der Waals surface area contributed by atoms with E-state index in [-0.39, 0.29) is 24.0 Å². The Hall–Kier alpha value is -3.78. The quantitative estimate of drug-likeness (QED) is 0.203. The lowest BCUT2D eigenvalue weighted by Gasteiger charge is -2.27. The molecular weight excluding hydrogens is 538 g/mol. The molecule has 1 aliphatic heterocycles. The number of amides is 1. The summed E-state index contributed by atoms with van der Waals surface area (Å²) in [5, 5.41) is 0. The molecule has 0 N–H and O–H groups in total. The number of Topliss-reactive ketones (excluding diaryl/α,β-unsaturated/α-hetero) is 2. The summed E-state index contributed by atoms with van der Waals surface area (Å²) >= 11 is 1.61. The maximum Gasteiger partial charge on any atom is 0.415 e. The third kappa shape index (κ3) is 6.76. The van der Waals surface area contributed by atoms with Gasteiger partial charge in [0.05, 0.1) is 7.11 Å². The van der Waals surface area contributed by atoms with E-state index >= 15 is 0 Å². The molecule has 3 aromatic carbocycles. The van der Waals surface area contributed by atoms with E-state index in [1.54, 1.807) is 61.9 Å². The van der Waals surface area contributed by atoms with Crippen molar-refractivity contribution in [3.05, 3.63) is 82.9 Å². The number of carbonyl (C=O) groups excluding carboxylic acids is 3. The first-order chi connectivity index (χ1) is 19.4. The number of thioether (sulfide) groups is 1. The predicted molar refractivity (Wildman–Crippen MR) is 161 cm³/mol. The SMILES string of the molecule is COc1ccc(OC(=O)N2C[C@@H](C(=O)c3ccc(SC)cc3)[C@H](c3cc(C)c(OC(C)(C)C(C)=O)c(C)c3)C2)cc1. The van der Waals surface area contributed by atoms with Crippen LogP contribution in [-0.2, 0) is 4.79 Å². The summed E-state index contributed by atoms with van der Waals surface area (Å²) in [6.45, 7) is 9.45. The number of benzene rings is 3. The van der Waals surface area contributed by atoms with E-state index in [0.29, 0.717) is 29.4 Å². The zero-order valence-electron chi connectivity index (χ0n) is 24.6. The minimum Gasteiger partial charge on any atom is -0.497 e. The topological polar surface area (TPSA) is 82.1 Å². The highest BCUT2D eigenvalue weighted by Crippen LogP contribution is 2.39. The third-order valence-corrected chi connectivity index (χ3v) is 8.41. The lowest BCUT2D eigenvalue weighted by molar-refractivity contribution is -0.129. The Bertz CT molecular complexity index is 1410. The Morgan fingerprint density at radius 1 is 0.902 bits per heavy atom. The minimum absolute atomic E-state index is 0.0178. The van der Waals surface area contributed by atoms with Crippen LogP contribution >= 0.6 is 11.8 Å². The molecule has 0 aliphatic carbocycles. The second-order valence-electron chi connectivity index (χ2n) is 10.9. The Morgan fingerprint density at radius 3 is 2.02 bits per heavy atom. The van der Waals surface area contributed by atoms with Crippen molar-refractivity contribution >= 4 is 29.4 Å². The van der Waals surface area contributed by atoms with Crippen molar-refractivity contribution in [3.63, 3.8) is 0 Å². The zero-order valence-corrected chi connectivity index (χ0v) is 25.5. The van der Waals surface area contributed by atoms with Crippen LogP contribution in [0.1, 0.15) is 53.7 Å². The lowest BCUT2D eigenvalue weighted by atomic mass is 9.82. The number of hydrogen-bond acceptors (Lipinski definition) is 7. The number of rotatable bonds is 9. The number of nitrogens with zero attached hydrogens (tertiary/aromatic N) is 1. The average Bonchev–Trinajstić information content (AvgIpc) is 3.41. The highest BCUT2D eigenvalue weighted by molar-refractivity contribution is 7.98.